The second-order valence-corrected chi connectivity index (χ2v) is 9.18. The molecule has 0 aliphatic rings. The van der Waals surface area contributed by atoms with E-state index in [1.54, 1.807) is 13.0 Å². The Balaban J connectivity index is 0.00000544. The molecule has 0 aliphatic carbocycles. The van der Waals surface area contributed by atoms with E-state index >= 15 is 0 Å². The van der Waals surface area contributed by atoms with E-state index in [1.807, 2.05) is 6.92 Å². The number of benzene rings is 2. The molecule has 3 N–H and O–H groups in total. The fourth-order valence-corrected chi connectivity index (χ4v) is 3.97. The van der Waals surface area contributed by atoms with Crippen molar-refractivity contribution in [2.45, 2.75) is 43.9 Å². The molecule has 2 rings (SSSR count). The number of fused-ring (bicyclic) bond motifs is 1. The Hall–Kier alpha value is -1.43. The topological polar surface area (TPSA) is 178 Å². The monoisotopic (exact) mass is 782 g/mol. The van der Waals surface area contributed by atoms with Gasteiger partial charge in [-0.2, -0.15) is 39.1 Å². The van der Waals surface area contributed by atoms with E-state index in [9.17, 15) is 31.0 Å². The number of allylic oxidation sites excluding steroid dienone is 4. The van der Waals surface area contributed by atoms with Crippen molar-refractivity contribution in [3.05, 3.63) is 41.7 Å². The van der Waals surface area contributed by atoms with Gasteiger partial charge in [-0.1, -0.05) is 19.9 Å². The van der Waals surface area contributed by atoms with Crippen molar-refractivity contribution in [3.63, 3.8) is 0 Å². The molecule has 15 heteroatoms. The molecule has 0 bridgehead atoms. The van der Waals surface area contributed by atoms with Crippen molar-refractivity contribution in [1.82, 2.24) is 0 Å². The first kappa shape index (κ1) is 32.6. The molecule has 0 aromatic heterocycles. The van der Waals surface area contributed by atoms with Crippen molar-refractivity contribution in [1.29, 1.82) is 0 Å². The molecule has 0 aliphatic heterocycles. The van der Waals surface area contributed by atoms with Crippen LogP contribution in [0.15, 0.2) is 65.9 Å². The molecule has 2 aromatic carbocycles. The van der Waals surface area contributed by atoms with Crippen LogP contribution in [0.1, 0.15) is 34.1 Å². The molecule has 0 saturated heterocycles. The Morgan fingerprint density at radius 2 is 1.65 bits per heavy atom. The number of azo groups is 2. The third-order valence-electron chi connectivity index (χ3n) is 4.35. The number of phenols is 1. The smallest absolute Gasteiger partial charge is 0.296 e. The first-order valence-electron chi connectivity index (χ1n) is 9.12. The fraction of sp³-hybridized carbons (Fsp3) is 0.263. The third-order valence-corrected chi connectivity index (χ3v) is 6.13. The molecule has 0 unspecified atom stereocenters. The van der Waals surface area contributed by atoms with Crippen molar-refractivity contribution in [3.8, 4) is 5.75 Å². The Labute approximate surface area is 231 Å². The molecular weight excluding hydrogens is 762 g/mol. The van der Waals surface area contributed by atoms with Gasteiger partial charge in [0.1, 0.15) is 15.5 Å². The van der Waals surface area contributed by atoms with Gasteiger partial charge in [0.05, 0.1) is 16.8 Å². The maximum atomic E-state index is 12.0. The van der Waals surface area contributed by atoms with Crippen LogP contribution in [0, 0.1) is 37.2 Å². The quantitative estimate of drug-likeness (QED) is 0.149. The molecule has 0 heterocycles. The molecule has 0 fully saturated rings. The molecule has 0 atom stereocenters. The Kier molecular flexibility index (Phi) is 12.5. The summed E-state index contributed by atoms with van der Waals surface area (Å²) in [6.07, 6.45) is 4.89. The number of rotatable bonds is 7. The van der Waals surface area contributed by atoms with E-state index < -0.39 is 46.9 Å². The van der Waals surface area contributed by atoms with Crippen LogP contribution in [-0.2, 0) is 37.3 Å². The van der Waals surface area contributed by atoms with E-state index in [1.165, 1.54) is 19.9 Å². The molecule has 1 radical (unpaired) electrons. The number of phenolic OH excluding ortho intramolecular Hbond substituents is 1. The van der Waals surface area contributed by atoms with E-state index in [0.717, 1.165) is 12.1 Å². The van der Waals surface area contributed by atoms with Gasteiger partial charge < -0.3 is 11.2 Å². The number of nitrogens with zero attached hydrogens (tertiary/aromatic N) is 4. The molecule has 0 amide bonds. The van der Waals surface area contributed by atoms with Crippen molar-refractivity contribution < 1.29 is 79.2 Å². The molecule has 187 valence electrons. The summed E-state index contributed by atoms with van der Waals surface area (Å²) in [7, 11) is -9.84. The van der Waals surface area contributed by atoms with Gasteiger partial charge in [0.2, 0.25) is 0 Å². The zero-order valence-corrected chi connectivity index (χ0v) is 25.1. The molecule has 11 nitrogen and oxygen atoms in total. The van der Waals surface area contributed by atoms with Gasteiger partial charge in [0, 0.05) is 53.6 Å². The predicted octanol–water partition coefficient (Wildman–Crippen LogP) is 5.24. The molecular formula is C19H21CuN4O7S2U-. The van der Waals surface area contributed by atoms with Crippen LogP contribution >= 0.6 is 0 Å². The van der Waals surface area contributed by atoms with Crippen LogP contribution < -0.4 is 0 Å². The predicted molar refractivity (Wildman–Crippen MR) is 116 cm³/mol. The van der Waals surface area contributed by atoms with Gasteiger partial charge in [-0.15, -0.1) is 10.8 Å². The van der Waals surface area contributed by atoms with Crippen LogP contribution in [0.25, 0.3) is 10.8 Å². The first-order chi connectivity index (χ1) is 14.8. The van der Waals surface area contributed by atoms with Gasteiger partial charge in [0.15, 0.2) is 5.75 Å². The third kappa shape index (κ3) is 7.53. The minimum absolute atomic E-state index is 0. The van der Waals surface area contributed by atoms with Crippen molar-refractivity contribution in [2.24, 2.45) is 20.5 Å². The van der Waals surface area contributed by atoms with E-state index in [2.05, 4.69) is 26.5 Å². The van der Waals surface area contributed by atoms with E-state index in [4.69, 9.17) is 0 Å². The molecule has 0 saturated carbocycles. The Bertz CT molecular complexity index is 1400. The average Bonchev–Trinajstić information content (AvgIpc) is 2.71. The molecule has 0 spiro atoms. The normalized spacial score (nSPS) is 13.4. The van der Waals surface area contributed by atoms with Gasteiger partial charge in [-0.3, -0.25) is 9.11 Å². The average molecular weight is 783 g/mol. The second kappa shape index (κ2) is 13.0. The van der Waals surface area contributed by atoms with Crippen LogP contribution in [0.3, 0.4) is 0 Å². The minimum atomic E-state index is -4.99. The van der Waals surface area contributed by atoms with Crippen LogP contribution in [0.2, 0.25) is 0 Å². The summed E-state index contributed by atoms with van der Waals surface area (Å²) < 4.78 is 66.9. The first-order valence-corrected chi connectivity index (χ1v) is 12.0. The van der Waals surface area contributed by atoms with E-state index in [-0.39, 0.29) is 65.0 Å². The van der Waals surface area contributed by atoms with Gasteiger partial charge in [-0.05, 0) is 31.5 Å². The summed E-state index contributed by atoms with van der Waals surface area (Å²) in [4.78, 5) is -1.63. The zero-order valence-electron chi connectivity index (χ0n) is 18.4. The zero-order chi connectivity index (χ0) is 24.3. The Morgan fingerprint density at radius 3 is 2.12 bits per heavy atom. The van der Waals surface area contributed by atoms with Crippen LogP contribution in [0.4, 0.5) is 11.4 Å². The number of aromatic hydroxyl groups is 1. The maximum Gasteiger partial charge on any atom is 0.296 e. The minimum Gasteiger partial charge on any atom is -0.505 e. The van der Waals surface area contributed by atoms with Crippen molar-refractivity contribution >= 4 is 42.4 Å². The summed E-state index contributed by atoms with van der Waals surface area (Å²) in [6, 6.07) is 2.91. The van der Waals surface area contributed by atoms with Gasteiger partial charge >= 0.3 is 0 Å². The van der Waals surface area contributed by atoms with Crippen LogP contribution in [-0.4, -0.2) is 31.0 Å². The van der Waals surface area contributed by atoms with Crippen LogP contribution in [0.5, 0.6) is 5.75 Å². The number of hydrogen-bond donors (Lipinski definition) is 3. The van der Waals surface area contributed by atoms with E-state index in [0.29, 0.717) is 12.1 Å². The fourth-order valence-electron chi connectivity index (χ4n) is 2.64. The maximum absolute atomic E-state index is 12.0. The summed E-state index contributed by atoms with van der Waals surface area (Å²) >= 11 is 0. The summed E-state index contributed by atoms with van der Waals surface area (Å²) in [5, 5.41) is 25.7. The summed E-state index contributed by atoms with van der Waals surface area (Å²) in [5.41, 5.74) is 0.147. The van der Waals surface area contributed by atoms with Gasteiger partial charge in [-0.25, -0.2) is 0 Å². The second-order valence-electron chi connectivity index (χ2n) is 6.40. The summed E-state index contributed by atoms with van der Waals surface area (Å²) in [6.45, 7) is 6.62. The van der Waals surface area contributed by atoms with Gasteiger partial charge in [0.25, 0.3) is 20.2 Å². The summed E-state index contributed by atoms with van der Waals surface area (Å²) in [5.74, 6) is -0.833. The van der Waals surface area contributed by atoms with Crippen molar-refractivity contribution in [2.75, 3.05) is 0 Å². The molecule has 2 aromatic rings. The SMILES string of the molecule is C[C-]=C(C)N=Nc1c(S(=O)(=O)O)cc2c(S(=O)(=O)O)ccc(N=N/C(=C\C)CC)c2c1O.[Cu].[U]. The largest absolute Gasteiger partial charge is 0.505 e. The Morgan fingerprint density at radius 1 is 1.06 bits per heavy atom. The number of hydrogen-bond acceptors (Lipinski definition) is 9. The molecule has 34 heavy (non-hydrogen) atoms. The standard InChI is InChI=1S/C19H21N4O7S2.Cu.U/c1-5-11(4)20-23-18-16(32(28,29)30)10-13-15(31(25,26)27)9-8-14(17(13)19(18)24)22-21-12(6-2)7-3;;/h6,8-10,24H,7H2,1-4H3,(H,25,26,27)(H,28,29,30);;/q-1;;/b12-6-,22-21?,23-20?;;.